The molecule has 0 unspecified atom stereocenters. The number of Topliss-reactive ketones (excluding diaryl/α,β-unsaturated/α-hetero) is 2. The maximum atomic E-state index is 12.3. The quantitative estimate of drug-likeness (QED) is 0.451. The van der Waals surface area contributed by atoms with E-state index in [0.717, 1.165) is 0 Å². The van der Waals surface area contributed by atoms with Crippen LogP contribution in [-0.2, 0) is 9.53 Å². The highest BCUT2D eigenvalue weighted by atomic mass is 32.1. The summed E-state index contributed by atoms with van der Waals surface area (Å²) >= 11 is 3.53. The zero-order chi connectivity index (χ0) is 21.7. The first kappa shape index (κ1) is 26.1. The summed E-state index contributed by atoms with van der Waals surface area (Å²) in [6.45, 7) is 10.4. The molecule has 28 heavy (non-hydrogen) atoms. The fourth-order valence-corrected chi connectivity index (χ4v) is 2.64. The first-order valence-corrected chi connectivity index (χ1v) is 10.5. The zero-order valence-electron chi connectivity index (χ0n) is 17.9. The van der Waals surface area contributed by atoms with Crippen molar-refractivity contribution in [2.24, 2.45) is 5.92 Å². The van der Waals surface area contributed by atoms with E-state index < -0.39 is 5.60 Å². The molecule has 1 aromatic heterocycles. The Morgan fingerprint density at radius 1 is 1.18 bits per heavy atom. The number of likely N-dealkylation sites (tertiary alicyclic amines) is 1. The standard InChI is InChI=1S/C18H24N2O4.C2H6.CH4S/c1-18(2,3)24-17(23)20-9-6-13(7-10-20)15(21)11-16(22)14-5-4-8-19-12-14;2*1-2/h4-5,8,12-13H,6-7,9-11H2,1-3H3;1-2H3;2H,1H3. The molecule has 158 valence electrons. The monoisotopic (exact) mass is 410 g/mol. The van der Waals surface area contributed by atoms with Crippen LogP contribution in [0, 0.1) is 5.92 Å². The molecular weight excluding hydrogens is 376 g/mol. The average Bonchev–Trinajstić information content (AvgIpc) is 2.70. The number of carbonyl (C=O) groups is 3. The molecule has 0 aromatic carbocycles. The van der Waals surface area contributed by atoms with Gasteiger partial charge in [-0.2, -0.15) is 12.6 Å². The number of piperidine rings is 1. The second-order valence-electron chi connectivity index (χ2n) is 7.05. The third kappa shape index (κ3) is 9.35. The van der Waals surface area contributed by atoms with Crippen molar-refractivity contribution in [1.29, 1.82) is 0 Å². The molecule has 1 aliphatic rings. The molecule has 0 N–H and O–H groups in total. The fourth-order valence-electron chi connectivity index (χ4n) is 2.64. The van der Waals surface area contributed by atoms with Gasteiger partial charge in [-0.25, -0.2) is 4.79 Å². The van der Waals surface area contributed by atoms with Crippen LogP contribution in [0.5, 0.6) is 0 Å². The summed E-state index contributed by atoms with van der Waals surface area (Å²) in [5, 5.41) is 0. The Morgan fingerprint density at radius 3 is 2.21 bits per heavy atom. The van der Waals surface area contributed by atoms with Gasteiger partial charge in [-0.3, -0.25) is 14.6 Å². The van der Waals surface area contributed by atoms with Gasteiger partial charge in [-0.1, -0.05) is 13.8 Å². The molecule has 1 saturated heterocycles. The van der Waals surface area contributed by atoms with Gasteiger partial charge in [0.25, 0.3) is 0 Å². The highest BCUT2D eigenvalue weighted by Gasteiger charge is 2.30. The predicted molar refractivity (Wildman–Crippen MR) is 115 cm³/mol. The number of amides is 1. The third-order valence-corrected chi connectivity index (χ3v) is 3.92. The maximum Gasteiger partial charge on any atom is 0.410 e. The van der Waals surface area contributed by atoms with E-state index in [0.29, 0.717) is 31.5 Å². The van der Waals surface area contributed by atoms with E-state index in [9.17, 15) is 14.4 Å². The summed E-state index contributed by atoms with van der Waals surface area (Å²) in [7, 11) is 0. The van der Waals surface area contributed by atoms with E-state index in [1.165, 1.54) is 6.20 Å². The van der Waals surface area contributed by atoms with Crippen molar-refractivity contribution in [2.45, 2.75) is 59.5 Å². The number of ether oxygens (including phenoxy) is 1. The van der Waals surface area contributed by atoms with E-state index in [2.05, 4.69) is 17.6 Å². The molecule has 0 radical (unpaired) electrons. The number of ketones is 2. The minimum absolute atomic E-state index is 0.0623. The number of hydrogen-bond acceptors (Lipinski definition) is 6. The van der Waals surface area contributed by atoms with Gasteiger partial charge in [-0.15, -0.1) is 0 Å². The summed E-state index contributed by atoms with van der Waals surface area (Å²) in [6, 6.07) is 3.34. The number of pyridine rings is 1. The molecule has 6 nitrogen and oxygen atoms in total. The molecule has 2 rings (SSSR count). The summed E-state index contributed by atoms with van der Waals surface area (Å²) in [4.78, 5) is 41.9. The van der Waals surface area contributed by atoms with Gasteiger partial charge >= 0.3 is 6.09 Å². The van der Waals surface area contributed by atoms with E-state index >= 15 is 0 Å². The van der Waals surface area contributed by atoms with Gasteiger partial charge in [-0.05, 0) is 52.0 Å². The lowest BCUT2D eigenvalue weighted by atomic mass is 9.89. The van der Waals surface area contributed by atoms with Crippen LogP contribution >= 0.6 is 12.6 Å². The molecule has 1 fully saturated rings. The molecule has 1 aromatic rings. The topological polar surface area (TPSA) is 76.6 Å². The van der Waals surface area contributed by atoms with Crippen molar-refractivity contribution in [2.75, 3.05) is 19.3 Å². The van der Waals surface area contributed by atoms with Crippen LogP contribution in [0.1, 0.15) is 64.2 Å². The number of carbonyl (C=O) groups excluding carboxylic acids is 3. The van der Waals surface area contributed by atoms with Gasteiger partial charge < -0.3 is 9.64 Å². The number of nitrogens with zero attached hydrogens (tertiary/aromatic N) is 2. The molecule has 1 aliphatic heterocycles. The molecule has 0 atom stereocenters. The Balaban J connectivity index is 0.00000171. The van der Waals surface area contributed by atoms with Crippen LogP contribution in [0.15, 0.2) is 24.5 Å². The Hall–Kier alpha value is -1.89. The first-order valence-electron chi connectivity index (χ1n) is 9.65. The molecule has 1 amide bonds. The van der Waals surface area contributed by atoms with E-state index in [4.69, 9.17) is 4.74 Å². The highest BCUT2D eigenvalue weighted by Crippen LogP contribution is 2.22. The Bertz CT molecular complexity index is 607. The van der Waals surface area contributed by atoms with Crippen molar-refractivity contribution < 1.29 is 19.1 Å². The Labute approximate surface area is 174 Å². The lowest BCUT2D eigenvalue weighted by Crippen LogP contribution is -2.43. The minimum atomic E-state index is -0.528. The first-order chi connectivity index (χ1) is 13.3. The van der Waals surface area contributed by atoms with Crippen molar-refractivity contribution in [3.63, 3.8) is 0 Å². The van der Waals surface area contributed by atoms with Gasteiger partial charge in [0.1, 0.15) is 11.4 Å². The smallest absolute Gasteiger partial charge is 0.410 e. The predicted octanol–water partition coefficient (Wildman–Crippen LogP) is 4.44. The lowest BCUT2D eigenvalue weighted by Gasteiger charge is -2.32. The van der Waals surface area contributed by atoms with Gasteiger partial charge in [0.15, 0.2) is 5.78 Å². The van der Waals surface area contributed by atoms with Crippen molar-refractivity contribution >= 4 is 30.3 Å². The molecule has 0 saturated carbocycles. The minimum Gasteiger partial charge on any atom is -0.444 e. The number of hydrogen-bond donors (Lipinski definition) is 1. The number of aromatic nitrogens is 1. The third-order valence-electron chi connectivity index (χ3n) is 3.92. The van der Waals surface area contributed by atoms with Crippen LogP contribution in [0.3, 0.4) is 0 Å². The molecular formula is C21H34N2O4S. The molecule has 0 spiro atoms. The largest absolute Gasteiger partial charge is 0.444 e. The molecule has 0 bridgehead atoms. The Morgan fingerprint density at radius 2 is 1.75 bits per heavy atom. The van der Waals surface area contributed by atoms with E-state index in [1.54, 1.807) is 29.5 Å². The summed E-state index contributed by atoms with van der Waals surface area (Å²) in [5.41, 5.74) is -0.0723. The van der Waals surface area contributed by atoms with Crippen LogP contribution in [0.2, 0.25) is 0 Å². The van der Waals surface area contributed by atoms with Crippen LogP contribution in [0.25, 0.3) is 0 Å². The normalized spacial score (nSPS) is 14.0. The zero-order valence-corrected chi connectivity index (χ0v) is 18.8. The fraction of sp³-hybridized carbons (Fsp3) is 0.619. The second-order valence-corrected chi connectivity index (χ2v) is 7.05. The highest BCUT2D eigenvalue weighted by molar-refractivity contribution is 7.79. The van der Waals surface area contributed by atoms with Crippen LogP contribution in [-0.4, -0.2) is 52.5 Å². The van der Waals surface area contributed by atoms with Crippen molar-refractivity contribution in [3.8, 4) is 0 Å². The van der Waals surface area contributed by atoms with Crippen LogP contribution in [0.4, 0.5) is 4.79 Å². The average molecular weight is 411 g/mol. The van der Waals surface area contributed by atoms with E-state index in [-0.39, 0.29) is 30.0 Å². The summed E-state index contributed by atoms with van der Waals surface area (Å²) in [6.07, 6.45) is 5.44. The van der Waals surface area contributed by atoms with Crippen molar-refractivity contribution in [3.05, 3.63) is 30.1 Å². The summed E-state index contributed by atoms with van der Waals surface area (Å²) < 4.78 is 5.34. The maximum absolute atomic E-state index is 12.3. The molecule has 7 heteroatoms. The van der Waals surface area contributed by atoms with Gasteiger partial charge in [0, 0.05) is 37.0 Å². The number of thiol groups is 1. The number of rotatable bonds is 4. The summed E-state index contributed by atoms with van der Waals surface area (Å²) in [5.74, 6) is -0.445. The Kier molecular flexibility index (Phi) is 12.4. The van der Waals surface area contributed by atoms with E-state index in [1.807, 2.05) is 34.6 Å². The lowest BCUT2D eigenvalue weighted by molar-refractivity contribution is -0.123. The molecule has 0 aliphatic carbocycles. The SMILES string of the molecule is CC.CC(C)(C)OC(=O)N1CCC(C(=O)CC(=O)c2cccnc2)CC1.CS. The van der Waals surface area contributed by atoms with Gasteiger partial charge in [0.2, 0.25) is 0 Å². The molecule has 2 heterocycles. The van der Waals surface area contributed by atoms with Gasteiger partial charge in [0.05, 0.1) is 6.42 Å². The second kappa shape index (κ2) is 13.3. The van der Waals surface area contributed by atoms with Crippen molar-refractivity contribution in [1.82, 2.24) is 9.88 Å². The van der Waals surface area contributed by atoms with Crippen LogP contribution < -0.4 is 0 Å².